The summed E-state index contributed by atoms with van der Waals surface area (Å²) in [7, 11) is 0. The minimum absolute atomic E-state index is 0.173. The summed E-state index contributed by atoms with van der Waals surface area (Å²) in [5, 5.41) is 2.51. The number of rotatable bonds is 5. The van der Waals surface area contributed by atoms with Crippen LogP contribution in [0.25, 0.3) is 6.08 Å². The van der Waals surface area contributed by atoms with Gasteiger partial charge in [0.2, 0.25) is 5.91 Å². The third kappa shape index (κ3) is 4.45. The van der Waals surface area contributed by atoms with E-state index in [0.29, 0.717) is 6.61 Å². The molecule has 0 atom stereocenters. The van der Waals surface area contributed by atoms with Gasteiger partial charge in [-0.05, 0) is 55.3 Å². The number of hydrogen-bond acceptors (Lipinski definition) is 2. The molecule has 0 bridgehead atoms. The van der Waals surface area contributed by atoms with E-state index in [9.17, 15) is 9.18 Å². The van der Waals surface area contributed by atoms with E-state index >= 15 is 0 Å². The van der Waals surface area contributed by atoms with E-state index in [-0.39, 0.29) is 11.6 Å². The van der Waals surface area contributed by atoms with Crippen molar-refractivity contribution in [2.45, 2.75) is 13.8 Å². The van der Waals surface area contributed by atoms with Crippen LogP contribution in [0.15, 0.2) is 48.5 Å². The molecule has 0 aliphatic rings. The van der Waals surface area contributed by atoms with Gasteiger partial charge in [-0.3, -0.25) is 4.79 Å². The van der Waals surface area contributed by atoms with Gasteiger partial charge in [-0.15, -0.1) is 0 Å². The van der Waals surface area contributed by atoms with Crippen molar-refractivity contribution in [3.63, 3.8) is 0 Å². The molecule has 114 valence electrons. The fourth-order valence-corrected chi connectivity index (χ4v) is 1.91. The maximum absolute atomic E-state index is 13.6. The van der Waals surface area contributed by atoms with E-state index in [4.69, 9.17) is 4.74 Å². The highest BCUT2D eigenvalue weighted by Crippen LogP contribution is 2.16. The first-order valence-corrected chi connectivity index (χ1v) is 7.06. The summed E-state index contributed by atoms with van der Waals surface area (Å²) in [6.07, 6.45) is 3.03. The van der Waals surface area contributed by atoms with Crippen LogP contribution in [0.1, 0.15) is 18.1 Å². The highest BCUT2D eigenvalue weighted by Gasteiger charge is 2.04. The standard InChI is InChI=1S/C18H18FNO2/c1-3-22-15-8-5-14(6-9-15)7-11-18(21)20-17-10-4-13(2)12-16(17)19/h4-12H,3H2,1-2H3,(H,20,21)/b11-7+. The van der Waals surface area contributed by atoms with Crippen LogP contribution < -0.4 is 10.1 Å². The van der Waals surface area contributed by atoms with Crippen molar-refractivity contribution in [3.05, 3.63) is 65.5 Å². The second kappa shape index (κ2) is 7.41. The maximum atomic E-state index is 13.6. The van der Waals surface area contributed by atoms with Crippen LogP contribution in [-0.2, 0) is 4.79 Å². The number of hydrogen-bond donors (Lipinski definition) is 1. The van der Waals surface area contributed by atoms with Gasteiger partial charge in [0.05, 0.1) is 12.3 Å². The van der Waals surface area contributed by atoms with Gasteiger partial charge in [0.1, 0.15) is 11.6 Å². The van der Waals surface area contributed by atoms with Gasteiger partial charge in [-0.1, -0.05) is 18.2 Å². The van der Waals surface area contributed by atoms with E-state index in [1.165, 1.54) is 12.1 Å². The number of amides is 1. The molecule has 0 saturated carbocycles. The van der Waals surface area contributed by atoms with Crippen LogP contribution in [-0.4, -0.2) is 12.5 Å². The van der Waals surface area contributed by atoms with Crippen molar-refractivity contribution in [1.29, 1.82) is 0 Å². The van der Waals surface area contributed by atoms with E-state index in [1.807, 2.05) is 31.2 Å². The summed E-state index contributed by atoms with van der Waals surface area (Å²) in [5.74, 6) is -0.0368. The second-order valence-electron chi connectivity index (χ2n) is 4.81. The molecule has 3 nitrogen and oxygen atoms in total. The molecule has 2 rings (SSSR count). The van der Waals surface area contributed by atoms with Gasteiger partial charge in [0.15, 0.2) is 0 Å². The maximum Gasteiger partial charge on any atom is 0.248 e. The zero-order valence-corrected chi connectivity index (χ0v) is 12.6. The van der Waals surface area contributed by atoms with Crippen molar-refractivity contribution < 1.29 is 13.9 Å². The van der Waals surface area contributed by atoms with E-state index in [1.54, 1.807) is 25.1 Å². The molecular weight excluding hydrogens is 281 g/mol. The zero-order chi connectivity index (χ0) is 15.9. The van der Waals surface area contributed by atoms with Crippen molar-refractivity contribution in [1.82, 2.24) is 0 Å². The first kappa shape index (κ1) is 15.8. The Bertz CT molecular complexity index is 678. The number of benzene rings is 2. The molecule has 0 fully saturated rings. The zero-order valence-electron chi connectivity index (χ0n) is 12.6. The summed E-state index contributed by atoms with van der Waals surface area (Å²) in [5.41, 5.74) is 1.84. The number of anilines is 1. The molecule has 0 radical (unpaired) electrons. The summed E-state index contributed by atoms with van der Waals surface area (Å²) in [6, 6.07) is 12.0. The molecule has 2 aromatic rings. The minimum atomic E-state index is -0.442. The lowest BCUT2D eigenvalue weighted by atomic mass is 10.2. The molecule has 22 heavy (non-hydrogen) atoms. The van der Waals surface area contributed by atoms with Crippen LogP contribution in [0.4, 0.5) is 10.1 Å². The molecule has 0 saturated heterocycles. The first-order valence-electron chi connectivity index (χ1n) is 7.06. The summed E-state index contributed by atoms with van der Waals surface area (Å²) in [4.78, 5) is 11.8. The third-order valence-electron chi connectivity index (χ3n) is 3.00. The Morgan fingerprint density at radius 2 is 1.95 bits per heavy atom. The Kier molecular flexibility index (Phi) is 5.31. The quantitative estimate of drug-likeness (QED) is 0.841. The fourth-order valence-electron chi connectivity index (χ4n) is 1.91. The van der Waals surface area contributed by atoms with Gasteiger partial charge in [-0.25, -0.2) is 4.39 Å². The number of carbonyl (C=O) groups excluding carboxylic acids is 1. The van der Waals surface area contributed by atoms with Crippen LogP contribution >= 0.6 is 0 Å². The highest BCUT2D eigenvalue weighted by molar-refractivity contribution is 6.02. The molecule has 0 aromatic heterocycles. The lowest BCUT2D eigenvalue weighted by Crippen LogP contribution is -2.09. The predicted molar refractivity (Wildman–Crippen MR) is 86.4 cm³/mol. The second-order valence-corrected chi connectivity index (χ2v) is 4.81. The van der Waals surface area contributed by atoms with Gasteiger partial charge in [0, 0.05) is 6.08 Å². The Hall–Kier alpha value is -2.62. The molecule has 0 aliphatic carbocycles. The summed E-state index contributed by atoms with van der Waals surface area (Å²) in [6.45, 7) is 4.32. The molecule has 1 amide bonds. The Morgan fingerprint density at radius 3 is 2.59 bits per heavy atom. The number of carbonyl (C=O) groups is 1. The van der Waals surface area contributed by atoms with Gasteiger partial charge >= 0.3 is 0 Å². The average Bonchev–Trinajstić information content (AvgIpc) is 2.50. The topological polar surface area (TPSA) is 38.3 Å². The Labute approximate surface area is 129 Å². The van der Waals surface area contributed by atoms with Crippen molar-refractivity contribution in [2.24, 2.45) is 0 Å². The highest BCUT2D eigenvalue weighted by atomic mass is 19.1. The number of aryl methyl sites for hydroxylation is 1. The van der Waals surface area contributed by atoms with E-state index in [2.05, 4.69) is 5.32 Å². The monoisotopic (exact) mass is 299 g/mol. The van der Waals surface area contributed by atoms with Crippen molar-refractivity contribution >= 4 is 17.7 Å². The lowest BCUT2D eigenvalue weighted by Gasteiger charge is -2.04. The summed E-state index contributed by atoms with van der Waals surface area (Å²) >= 11 is 0. The van der Waals surface area contributed by atoms with Crippen LogP contribution in [0.5, 0.6) is 5.75 Å². The lowest BCUT2D eigenvalue weighted by molar-refractivity contribution is -0.111. The predicted octanol–water partition coefficient (Wildman–Crippen LogP) is 4.18. The van der Waals surface area contributed by atoms with E-state index in [0.717, 1.165) is 16.9 Å². The molecule has 0 unspecified atom stereocenters. The number of nitrogens with one attached hydrogen (secondary N) is 1. The van der Waals surface area contributed by atoms with Gasteiger partial charge in [-0.2, -0.15) is 0 Å². The first-order chi connectivity index (χ1) is 10.6. The minimum Gasteiger partial charge on any atom is -0.494 e. The molecule has 0 spiro atoms. The molecular formula is C18H18FNO2. The van der Waals surface area contributed by atoms with Crippen LogP contribution in [0.3, 0.4) is 0 Å². The molecule has 0 aliphatic heterocycles. The molecule has 1 N–H and O–H groups in total. The third-order valence-corrected chi connectivity index (χ3v) is 3.00. The average molecular weight is 299 g/mol. The largest absolute Gasteiger partial charge is 0.494 e. The van der Waals surface area contributed by atoms with Crippen LogP contribution in [0.2, 0.25) is 0 Å². The van der Waals surface area contributed by atoms with Gasteiger partial charge < -0.3 is 10.1 Å². The molecule has 0 heterocycles. The van der Waals surface area contributed by atoms with Crippen molar-refractivity contribution in [3.8, 4) is 5.75 Å². The Morgan fingerprint density at radius 1 is 1.23 bits per heavy atom. The number of halogens is 1. The normalized spacial score (nSPS) is 10.7. The number of ether oxygens (including phenoxy) is 1. The van der Waals surface area contributed by atoms with Gasteiger partial charge in [0.25, 0.3) is 0 Å². The van der Waals surface area contributed by atoms with Crippen molar-refractivity contribution in [2.75, 3.05) is 11.9 Å². The Balaban J connectivity index is 1.98. The van der Waals surface area contributed by atoms with Crippen LogP contribution in [0, 0.1) is 12.7 Å². The summed E-state index contributed by atoms with van der Waals surface area (Å²) < 4.78 is 19.0. The molecule has 2 aromatic carbocycles. The van der Waals surface area contributed by atoms with E-state index < -0.39 is 5.82 Å². The smallest absolute Gasteiger partial charge is 0.248 e. The fraction of sp³-hybridized carbons (Fsp3) is 0.167. The molecule has 4 heteroatoms. The SMILES string of the molecule is CCOc1ccc(/C=C/C(=O)Nc2ccc(C)cc2F)cc1.